The molecule has 5 atom stereocenters. The lowest BCUT2D eigenvalue weighted by atomic mass is 10.0. The highest BCUT2D eigenvalue weighted by Crippen LogP contribution is 2.13. The number of carbonyl (C=O) groups is 5. The number of aliphatic carboxylic acids is 2. The number of amides is 3. The summed E-state index contributed by atoms with van der Waals surface area (Å²) in [5, 5.41) is 44.9. The summed E-state index contributed by atoms with van der Waals surface area (Å²) in [7, 11) is 0. The Morgan fingerprint density at radius 2 is 1.27 bits per heavy atom. The first kappa shape index (κ1) is 31.7. The van der Waals surface area contributed by atoms with E-state index in [2.05, 4.69) is 16.0 Å². The van der Waals surface area contributed by atoms with Crippen molar-refractivity contribution < 1.29 is 44.4 Å². The molecule has 0 aliphatic heterocycles. The van der Waals surface area contributed by atoms with E-state index in [9.17, 15) is 39.3 Å². The first-order chi connectivity index (χ1) is 18.9. The largest absolute Gasteiger partial charge is 0.508 e. The number of hydrogen-bond donors (Lipinski definition) is 8. The summed E-state index contributed by atoms with van der Waals surface area (Å²) in [4.78, 5) is 61.6. The van der Waals surface area contributed by atoms with Crippen molar-refractivity contribution in [3.8, 4) is 5.75 Å². The topological polar surface area (TPSA) is 228 Å². The molecule has 0 aliphatic carbocycles. The van der Waals surface area contributed by atoms with Gasteiger partial charge < -0.3 is 42.1 Å². The van der Waals surface area contributed by atoms with Gasteiger partial charge in [-0.15, -0.1) is 0 Å². The van der Waals surface area contributed by atoms with Gasteiger partial charge in [0.05, 0.1) is 12.1 Å². The van der Waals surface area contributed by atoms with Crippen molar-refractivity contribution >= 4 is 29.7 Å². The van der Waals surface area contributed by atoms with Crippen LogP contribution in [0.5, 0.6) is 5.75 Å². The Kier molecular flexibility index (Phi) is 12.0. The number of nitrogens with two attached hydrogens (primary N) is 1. The molecule has 40 heavy (non-hydrogen) atoms. The van der Waals surface area contributed by atoms with Crippen molar-refractivity contribution in [1.82, 2.24) is 16.0 Å². The van der Waals surface area contributed by atoms with E-state index in [1.807, 2.05) is 0 Å². The lowest BCUT2D eigenvalue weighted by Gasteiger charge is -2.26. The van der Waals surface area contributed by atoms with Gasteiger partial charge in [0.25, 0.3) is 0 Å². The Morgan fingerprint density at radius 1 is 0.775 bits per heavy atom. The zero-order chi connectivity index (χ0) is 29.8. The molecule has 2 aromatic carbocycles. The fraction of sp³-hybridized carbons (Fsp3) is 0.370. The van der Waals surface area contributed by atoms with E-state index in [-0.39, 0.29) is 31.4 Å². The molecule has 5 unspecified atom stereocenters. The summed E-state index contributed by atoms with van der Waals surface area (Å²) in [6.45, 7) is 1.20. The maximum Gasteiger partial charge on any atom is 0.328 e. The summed E-state index contributed by atoms with van der Waals surface area (Å²) in [5.41, 5.74) is 6.99. The van der Waals surface area contributed by atoms with Gasteiger partial charge in [0.2, 0.25) is 17.7 Å². The average molecular weight is 559 g/mol. The Bertz CT molecular complexity index is 1170. The number of phenols is 1. The molecule has 0 radical (unpaired) electrons. The third-order valence-electron chi connectivity index (χ3n) is 5.98. The first-order valence-electron chi connectivity index (χ1n) is 12.5. The zero-order valence-electron chi connectivity index (χ0n) is 21.8. The lowest BCUT2D eigenvalue weighted by molar-refractivity contribution is -0.145. The van der Waals surface area contributed by atoms with Gasteiger partial charge in [0.1, 0.15) is 17.8 Å². The summed E-state index contributed by atoms with van der Waals surface area (Å²) in [5.74, 6) is -5.10. The fourth-order valence-corrected chi connectivity index (χ4v) is 3.74. The molecule has 13 heteroatoms. The highest BCUT2D eigenvalue weighted by Gasteiger charge is 2.32. The summed E-state index contributed by atoms with van der Waals surface area (Å²) < 4.78 is 0. The maximum absolute atomic E-state index is 13.4. The number of nitrogens with one attached hydrogen (secondary N) is 3. The van der Waals surface area contributed by atoms with Gasteiger partial charge in [0, 0.05) is 19.3 Å². The van der Waals surface area contributed by atoms with Gasteiger partial charge in [0.15, 0.2) is 6.04 Å². The van der Waals surface area contributed by atoms with Crippen LogP contribution in [0.3, 0.4) is 0 Å². The average Bonchev–Trinajstić information content (AvgIpc) is 2.90. The minimum atomic E-state index is -1.64. The highest BCUT2D eigenvalue weighted by molar-refractivity contribution is 5.94. The summed E-state index contributed by atoms with van der Waals surface area (Å²) in [6, 6.07) is 8.99. The number of carboxylic acid groups (broad SMARTS) is 2. The second kappa shape index (κ2) is 15.2. The molecule has 0 saturated carbocycles. The van der Waals surface area contributed by atoms with Crippen LogP contribution in [0.25, 0.3) is 0 Å². The molecular weight excluding hydrogens is 524 g/mol. The van der Waals surface area contributed by atoms with Crippen LogP contribution in [0.4, 0.5) is 0 Å². The van der Waals surface area contributed by atoms with Crippen molar-refractivity contribution in [3.63, 3.8) is 0 Å². The monoisotopic (exact) mass is 558 g/mol. The molecule has 216 valence electrons. The SMILES string of the molecule is CC(O)C(NC(=O)C(Cc1ccccc1)NC(=O)C(Cc1ccc(O)cc1)NC(=O)C(N)CCC(=O)O)C(=O)O. The molecule has 9 N–H and O–H groups in total. The molecule has 2 aromatic rings. The molecule has 3 amide bonds. The minimum Gasteiger partial charge on any atom is -0.508 e. The van der Waals surface area contributed by atoms with Gasteiger partial charge in [-0.05, 0) is 36.6 Å². The number of aliphatic hydroxyl groups excluding tert-OH is 1. The zero-order valence-corrected chi connectivity index (χ0v) is 21.8. The highest BCUT2D eigenvalue weighted by atomic mass is 16.4. The number of rotatable bonds is 15. The molecule has 0 aromatic heterocycles. The van der Waals surface area contributed by atoms with Crippen LogP contribution < -0.4 is 21.7 Å². The van der Waals surface area contributed by atoms with Gasteiger partial charge in [-0.2, -0.15) is 0 Å². The van der Waals surface area contributed by atoms with E-state index < -0.39 is 59.9 Å². The molecule has 0 aliphatic rings. The maximum atomic E-state index is 13.4. The standard InChI is InChI=1S/C27H34N4O9/c1-15(32)23(27(39)40)31-26(38)21(13-16-5-3-2-4-6-16)30-25(37)20(14-17-7-9-18(33)10-8-17)29-24(36)19(28)11-12-22(34)35/h2-10,15,19-21,23,32-33H,11-14,28H2,1H3,(H,29,36)(H,30,37)(H,31,38)(H,34,35)(H,39,40). The molecule has 0 saturated heterocycles. The lowest BCUT2D eigenvalue weighted by Crippen LogP contribution is -2.59. The van der Waals surface area contributed by atoms with Gasteiger partial charge in [-0.1, -0.05) is 42.5 Å². The smallest absolute Gasteiger partial charge is 0.328 e. The number of carbonyl (C=O) groups excluding carboxylic acids is 3. The first-order valence-corrected chi connectivity index (χ1v) is 12.5. The predicted molar refractivity (Wildman–Crippen MR) is 142 cm³/mol. The molecule has 0 bridgehead atoms. The van der Waals surface area contributed by atoms with Crippen molar-refractivity contribution in [2.75, 3.05) is 0 Å². The van der Waals surface area contributed by atoms with Gasteiger partial charge in [-0.25, -0.2) is 4.79 Å². The third kappa shape index (κ3) is 10.3. The molecule has 0 spiro atoms. The third-order valence-corrected chi connectivity index (χ3v) is 5.98. The summed E-state index contributed by atoms with van der Waals surface area (Å²) in [6.07, 6.45) is -2.08. The Balaban J connectivity index is 2.31. The van der Waals surface area contributed by atoms with Gasteiger partial charge in [-0.3, -0.25) is 19.2 Å². The van der Waals surface area contributed by atoms with Crippen molar-refractivity contribution in [1.29, 1.82) is 0 Å². The van der Waals surface area contributed by atoms with Crippen LogP contribution in [-0.4, -0.2) is 80.4 Å². The van der Waals surface area contributed by atoms with E-state index in [0.717, 1.165) is 0 Å². The van der Waals surface area contributed by atoms with Crippen LogP contribution in [-0.2, 0) is 36.8 Å². The Labute approximate surface area is 230 Å². The normalized spacial score (nSPS) is 14.6. The Hall–Kier alpha value is -4.49. The molecule has 0 fully saturated rings. The minimum absolute atomic E-state index is 0.0184. The number of phenolic OH excluding ortho intramolecular Hbond substituents is 1. The molecule has 0 heterocycles. The van der Waals surface area contributed by atoms with Crippen LogP contribution in [0, 0.1) is 0 Å². The quantitative estimate of drug-likeness (QED) is 0.137. The van der Waals surface area contributed by atoms with E-state index in [4.69, 9.17) is 10.8 Å². The van der Waals surface area contributed by atoms with Crippen LogP contribution in [0.2, 0.25) is 0 Å². The summed E-state index contributed by atoms with van der Waals surface area (Å²) >= 11 is 0. The van der Waals surface area contributed by atoms with Crippen molar-refractivity contribution in [2.24, 2.45) is 5.73 Å². The second-order valence-corrected chi connectivity index (χ2v) is 9.29. The number of carboxylic acids is 2. The van der Waals surface area contributed by atoms with E-state index >= 15 is 0 Å². The molecule has 13 nitrogen and oxygen atoms in total. The number of aliphatic hydroxyl groups is 1. The molecular formula is C27H34N4O9. The van der Waals surface area contributed by atoms with Crippen molar-refractivity contribution in [2.45, 2.75) is 62.9 Å². The van der Waals surface area contributed by atoms with Crippen LogP contribution in [0.1, 0.15) is 30.9 Å². The van der Waals surface area contributed by atoms with E-state index in [1.165, 1.54) is 31.2 Å². The number of benzene rings is 2. The predicted octanol–water partition coefficient (Wildman–Crippen LogP) is -0.711. The fourth-order valence-electron chi connectivity index (χ4n) is 3.74. The van der Waals surface area contributed by atoms with Gasteiger partial charge >= 0.3 is 11.9 Å². The van der Waals surface area contributed by atoms with Crippen LogP contribution >= 0.6 is 0 Å². The molecule has 2 rings (SSSR count). The number of hydrogen-bond acceptors (Lipinski definition) is 8. The van der Waals surface area contributed by atoms with Crippen LogP contribution in [0.15, 0.2) is 54.6 Å². The second-order valence-electron chi connectivity index (χ2n) is 9.29. The Morgan fingerprint density at radius 3 is 1.77 bits per heavy atom. The van der Waals surface area contributed by atoms with Crippen molar-refractivity contribution in [3.05, 3.63) is 65.7 Å². The van der Waals surface area contributed by atoms with E-state index in [1.54, 1.807) is 30.3 Å². The van der Waals surface area contributed by atoms with E-state index in [0.29, 0.717) is 11.1 Å². The number of aromatic hydroxyl groups is 1.